The molecule has 1 unspecified atom stereocenters. The Balaban J connectivity index is 1.80. The Bertz CT molecular complexity index is 748. The smallest absolute Gasteiger partial charge is 0.320 e. The normalized spacial score (nSPS) is 19.3. The lowest BCUT2D eigenvalue weighted by atomic mass is 9.93. The molecule has 0 fully saturated rings. The highest BCUT2D eigenvalue weighted by Gasteiger charge is 2.39. The fraction of sp³-hybridized carbons (Fsp3) is 0.278. The number of aryl methyl sites for hydroxylation is 2. The van der Waals surface area contributed by atoms with Crippen LogP contribution in [0.4, 0.5) is 14.9 Å². The van der Waals surface area contributed by atoms with Crippen LogP contribution >= 0.6 is 0 Å². The van der Waals surface area contributed by atoms with Gasteiger partial charge in [0.1, 0.15) is 5.82 Å². The maximum absolute atomic E-state index is 13.8. The SMILES string of the molecule is Cc1ccc(F)c(NC(=O)NC2(CO)CCc3ccccc32)c1. The van der Waals surface area contributed by atoms with E-state index in [-0.39, 0.29) is 12.3 Å². The standard InChI is InChI=1S/C18H19FN2O2/c1-12-6-7-15(19)16(10-12)20-17(23)21-18(11-22)9-8-13-4-2-3-5-14(13)18/h2-7,10,22H,8-9,11H2,1H3,(H2,20,21,23). The molecule has 120 valence electrons. The monoisotopic (exact) mass is 314 g/mol. The van der Waals surface area contributed by atoms with Gasteiger partial charge in [-0.15, -0.1) is 0 Å². The quantitative estimate of drug-likeness (QED) is 0.815. The zero-order valence-corrected chi connectivity index (χ0v) is 12.9. The van der Waals surface area contributed by atoms with Gasteiger partial charge in [0.2, 0.25) is 0 Å². The summed E-state index contributed by atoms with van der Waals surface area (Å²) in [5.74, 6) is -0.490. The minimum atomic E-state index is -0.818. The number of anilines is 1. The number of carbonyl (C=O) groups is 1. The molecular weight excluding hydrogens is 295 g/mol. The van der Waals surface area contributed by atoms with Crippen molar-refractivity contribution in [1.82, 2.24) is 5.32 Å². The van der Waals surface area contributed by atoms with Crippen LogP contribution in [0.25, 0.3) is 0 Å². The van der Waals surface area contributed by atoms with E-state index >= 15 is 0 Å². The van der Waals surface area contributed by atoms with Crippen LogP contribution in [0.2, 0.25) is 0 Å². The average molecular weight is 314 g/mol. The molecule has 4 nitrogen and oxygen atoms in total. The highest BCUT2D eigenvalue weighted by molar-refractivity contribution is 5.90. The van der Waals surface area contributed by atoms with Crippen molar-refractivity contribution in [2.24, 2.45) is 0 Å². The molecule has 2 aromatic carbocycles. The fourth-order valence-corrected chi connectivity index (χ4v) is 3.13. The second-order valence-corrected chi connectivity index (χ2v) is 5.96. The van der Waals surface area contributed by atoms with Crippen molar-refractivity contribution in [2.75, 3.05) is 11.9 Å². The van der Waals surface area contributed by atoms with E-state index in [4.69, 9.17) is 0 Å². The summed E-state index contributed by atoms with van der Waals surface area (Å²) in [5.41, 5.74) is 2.19. The first-order chi connectivity index (χ1) is 11.0. The predicted molar refractivity (Wildman–Crippen MR) is 86.8 cm³/mol. The van der Waals surface area contributed by atoms with Gasteiger partial charge in [-0.3, -0.25) is 0 Å². The van der Waals surface area contributed by atoms with Crippen LogP contribution in [0.3, 0.4) is 0 Å². The van der Waals surface area contributed by atoms with Crippen LogP contribution in [0.15, 0.2) is 42.5 Å². The molecule has 1 aliphatic rings. The number of hydrogen-bond donors (Lipinski definition) is 3. The molecule has 0 aromatic heterocycles. The van der Waals surface area contributed by atoms with E-state index in [1.165, 1.54) is 6.07 Å². The van der Waals surface area contributed by atoms with Gasteiger partial charge in [0.05, 0.1) is 17.8 Å². The predicted octanol–water partition coefficient (Wildman–Crippen LogP) is 3.09. The molecule has 0 spiro atoms. The highest BCUT2D eigenvalue weighted by Crippen LogP contribution is 2.36. The number of amides is 2. The zero-order valence-electron chi connectivity index (χ0n) is 12.9. The van der Waals surface area contributed by atoms with E-state index in [2.05, 4.69) is 10.6 Å². The summed E-state index contributed by atoms with van der Waals surface area (Å²) in [4.78, 5) is 12.3. The Morgan fingerprint density at radius 2 is 2.09 bits per heavy atom. The molecule has 3 rings (SSSR count). The van der Waals surface area contributed by atoms with Crippen molar-refractivity contribution in [3.8, 4) is 0 Å². The number of benzene rings is 2. The van der Waals surface area contributed by atoms with E-state index in [1.54, 1.807) is 12.1 Å². The Morgan fingerprint density at radius 3 is 2.87 bits per heavy atom. The number of rotatable bonds is 3. The number of aliphatic hydroxyl groups is 1. The Hall–Kier alpha value is -2.40. The van der Waals surface area contributed by atoms with E-state index < -0.39 is 17.4 Å². The van der Waals surface area contributed by atoms with Crippen LogP contribution < -0.4 is 10.6 Å². The Morgan fingerprint density at radius 1 is 1.30 bits per heavy atom. The van der Waals surface area contributed by atoms with Crippen molar-refractivity contribution in [3.63, 3.8) is 0 Å². The molecule has 0 saturated heterocycles. The second kappa shape index (κ2) is 6.01. The van der Waals surface area contributed by atoms with Gasteiger partial charge in [-0.25, -0.2) is 9.18 Å². The Kier molecular flexibility index (Phi) is 4.05. The molecule has 0 saturated carbocycles. The largest absolute Gasteiger partial charge is 0.394 e. The summed E-state index contributed by atoms with van der Waals surface area (Å²) >= 11 is 0. The first-order valence-corrected chi connectivity index (χ1v) is 7.59. The summed E-state index contributed by atoms with van der Waals surface area (Å²) in [6.07, 6.45) is 1.41. The van der Waals surface area contributed by atoms with E-state index in [0.717, 1.165) is 23.1 Å². The molecule has 1 aliphatic carbocycles. The second-order valence-electron chi connectivity index (χ2n) is 5.96. The topological polar surface area (TPSA) is 61.4 Å². The summed E-state index contributed by atoms with van der Waals surface area (Å²) in [5, 5.41) is 15.2. The Labute approximate surface area is 134 Å². The molecule has 3 N–H and O–H groups in total. The number of hydrogen-bond acceptors (Lipinski definition) is 2. The van der Waals surface area contributed by atoms with Crippen molar-refractivity contribution in [3.05, 3.63) is 65.0 Å². The third-order valence-corrected chi connectivity index (χ3v) is 4.35. The van der Waals surface area contributed by atoms with Gasteiger partial charge in [-0.2, -0.15) is 0 Å². The van der Waals surface area contributed by atoms with E-state index in [1.807, 2.05) is 31.2 Å². The minimum absolute atomic E-state index is 0.127. The van der Waals surface area contributed by atoms with Gasteiger partial charge in [-0.05, 0) is 48.6 Å². The number of nitrogens with one attached hydrogen (secondary N) is 2. The molecule has 0 aliphatic heterocycles. The summed E-state index contributed by atoms with van der Waals surface area (Å²) in [7, 11) is 0. The molecule has 0 bridgehead atoms. The van der Waals surface area contributed by atoms with Gasteiger partial charge in [0.25, 0.3) is 0 Å². The van der Waals surface area contributed by atoms with Crippen LogP contribution in [0, 0.1) is 12.7 Å². The molecule has 5 heteroatoms. The van der Waals surface area contributed by atoms with Crippen molar-refractivity contribution in [2.45, 2.75) is 25.3 Å². The summed E-state index contributed by atoms with van der Waals surface area (Å²) in [6, 6.07) is 11.7. The lowest BCUT2D eigenvalue weighted by molar-refractivity contribution is 0.164. The van der Waals surface area contributed by atoms with Crippen LogP contribution in [0.5, 0.6) is 0 Å². The average Bonchev–Trinajstić information content (AvgIpc) is 2.90. The minimum Gasteiger partial charge on any atom is -0.394 e. The van der Waals surface area contributed by atoms with Crippen LogP contribution in [-0.4, -0.2) is 17.7 Å². The zero-order chi connectivity index (χ0) is 16.4. The third-order valence-electron chi connectivity index (χ3n) is 4.35. The van der Waals surface area contributed by atoms with Gasteiger partial charge in [0.15, 0.2) is 0 Å². The first kappa shape index (κ1) is 15.5. The fourth-order valence-electron chi connectivity index (χ4n) is 3.13. The number of fused-ring (bicyclic) bond motifs is 1. The lowest BCUT2D eigenvalue weighted by Gasteiger charge is -2.29. The van der Waals surface area contributed by atoms with Gasteiger partial charge in [0, 0.05) is 0 Å². The van der Waals surface area contributed by atoms with Crippen molar-refractivity contribution in [1.29, 1.82) is 0 Å². The number of halogens is 1. The van der Waals surface area contributed by atoms with Gasteiger partial charge < -0.3 is 15.7 Å². The number of aliphatic hydroxyl groups excluding tert-OH is 1. The molecule has 0 radical (unpaired) electrons. The van der Waals surface area contributed by atoms with Gasteiger partial charge in [-0.1, -0.05) is 30.3 Å². The third kappa shape index (κ3) is 2.92. The van der Waals surface area contributed by atoms with Crippen molar-refractivity contribution >= 4 is 11.7 Å². The van der Waals surface area contributed by atoms with Crippen LogP contribution in [0.1, 0.15) is 23.1 Å². The molecular formula is C18H19FN2O2. The molecule has 0 heterocycles. The number of urea groups is 1. The highest BCUT2D eigenvalue weighted by atomic mass is 19.1. The molecule has 1 atom stereocenters. The maximum atomic E-state index is 13.8. The number of carbonyl (C=O) groups excluding carboxylic acids is 1. The summed E-state index contributed by atoms with van der Waals surface area (Å²) in [6.45, 7) is 1.62. The maximum Gasteiger partial charge on any atom is 0.320 e. The van der Waals surface area contributed by atoms with E-state index in [9.17, 15) is 14.3 Å². The lowest BCUT2D eigenvalue weighted by Crippen LogP contribution is -2.49. The van der Waals surface area contributed by atoms with Crippen molar-refractivity contribution < 1.29 is 14.3 Å². The van der Waals surface area contributed by atoms with E-state index in [0.29, 0.717) is 6.42 Å². The molecule has 2 amide bonds. The molecule has 2 aromatic rings. The summed E-state index contributed by atoms with van der Waals surface area (Å²) < 4.78 is 13.8. The first-order valence-electron chi connectivity index (χ1n) is 7.59. The van der Waals surface area contributed by atoms with Crippen LogP contribution in [-0.2, 0) is 12.0 Å². The van der Waals surface area contributed by atoms with Gasteiger partial charge >= 0.3 is 6.03 Å². The molecule has 23 heavy (non-hydrogen) atoms.